The van der Waals surface area contributed by atoms with E-state index in [1.807, 2.05) is 0 Å². The van der Waals surface area contributed by atoms with Crippen LogP contribution >= 0.6 is 0 Å². The lowest BCUT2D eigenvalue weighted by molar-refractivity contribution is -0.131. The minimum Gasteiger partial charge on any atom is -0.395 e. The fourth-order valence-corrected chi connectivity index (χ4v) is 1.97. The van der Waals surface area contributed by atoms with Crippen LogP contribution in [-0.2, 0) is 4.79 Å². The molecule has 0 aromatic rings. The molecule has 0 aromatic carbocycles. The Morgan fingerprint density at radius 1 is 1.06 bits per heavy atom. The fraction of sp³-hybridized carbons (Fsp3) is 0.929. The second-order valence-corrected chi connectivity index (χ2v) is 4.76. The Kier molecular flexibility index (Phi) is 12.4. The summed E-state index contributed by atoms with van der Waals surface area (Å²) in [6, 6.07) is 0. The van der Waals surface area contributed by atoms with Gasteiger partial charge in [0.1, 0.15) is 0 Å². The largest absolute Gasteiger partial charge is 0.395 e. The van der Waals surface area contributed by atoms with E-state index < -0.39 is 0 Å². The van der Waals surface area contributed by atoms with Gasteiger partial charge in [-0.05, 0) is 25.8 Å². The predicted octanol–water partition coefficient (Wildman–Crippen LogP) is 1.91. The molecule has 0 aliphatic heterocycles. The van der Waals surface area contributed by atoms with Gasteiger partial charge in [-0.2, -0.15) is 0 Å². The van der Waals surface area contributed by atoms with E-state index in [4.69, 9.17) is 10.8 Å². The monoisotopic (exact) mass is 258 g/mol. The highest BCUT2D eigenvalue weighted by Gasteiger charge is 2.11. The Labute approximate surface area is 112 Å². The van der Waals surface area contributed by atoms with E-state index in [1.54, 1.807) is 4.90 Å². The van der Waals surface area contributed by atoms with Gasteiger partial charge in [0, 0.05) is 19.5 Å². The van der Waals surface area contributed by atoms with Gasteiger partial charge in [-0.25, -0.2) is 0 Å². The molecule has 0 fully saturated rings. The normalized spacial score (nSPS) is 10.6. The molecule has 108 valence electrons. The van der Waals surface area contributed by atoms with Crippen LogP contribution in [0.2, 0.25) is 0 Å². The van der Waals surface area contributed by atoms with Crippen molar-refractivity contribution >= 4 is 5.91 Å². The molecule has 0 spiro atoms. The smallest absolute Gasteiger partial charge is 0.222 e. The minimum absolute atomic E-state index is 0.0579. The average Bonchev–Trinajstić information content (AvgIpc) is 2.38. The third-order valence-corrected chi connectivity index (χ3v) is 3.10. The number of hydrogen-bond donors (Lipinski definition) is 2. The van der Waals surface area contributed by atoms with Crippen LogP contribution in [0.1, 0.15) is 58.3 Å². The van der Waals surface area contributed by atoms with Crippen LogP contribution in [0.5, 0.6) is 0 Å². The highest BCUT2D eigenvalue weighted by Crippen LogP contribution is 2.06. The average molecular weight is 258 g/mol. The third-order valence-electron chi connectivity index (χ3n) is 3.10. The minimum atomic E-state index is 0.0579. The van der Waals surface area contributed by atoms with Crippen molar-refractivity contribution in [3.05, 3.63) is 0 Å². The third kappa shape index (κ3) is 9.42. The van der Waals surface area contributed by atoms with E-state index in [9.17, 15) is 4.79 Å². The number of carbonyl (C=O) groups is 1. The molecule has 4 nitrogen and oxygen atoms in total. The molecule has 0 rings (SSSR count). The van der Waals surface area contributed by atoms with Gasteiger partial charge in [-0.3, -0.25) is 4.79 Å². The van der Waals surface area contributed by atoms with Crippen molar-refractivity contribution in [1.82, 2.24) is 4.90 Å². The number of carbonyl (C=O) groups excluding carboxylic acids is 1. The summed E-state index contributed by atoms with van der Waals surface area (Å²) < 4.78 is 0. The molecular weight excluding hydrogens is 228 g/mol. The van der Waals surface area contributed by atoms with E-state index >= 15 is 0 Å². The van der Waals surface area contributed by atoms with E-state index in [1.165, 1.54) is 19.3 Å². The molecule has 0 heterocycles. The first kappa shape index (κ1) is 17.4. The number of aliphatic hydroxyl groups excluding tert-OH is 1. The summed E-state index contributed by atoms with van der Waals surface area (Å²) >= 11 is 0. The maximum atomic E-state index is 11.9. The molecule has 0 saturated heterocycles. The molecule has 0 aromatic heterocycles. The number of rotatable bonds is 12. The summed E-state index contributed by atoms with van der Waals surface area (Å²) in [5.74, 6) is 0.178. The van der Waals surface area contributed by atoms with Gasteiger partial charge >= 0.3 is 0 Å². The molecule has 0 bridgehead atoms. The fourth-order valence-electron chi connectivity index (χ4n) is 1.97. The lowest BCUT2D eigenvalue weighted by Crippen LogP contribution is -2.34. The van der Waals surface area contributed by atoms with Gasteiger partial charge in [0.05, 0.1) is 6.61 Å². The second kappa shape index (κ2) is 12.8. The molecule has 0 unspecified atom stereocenters. The number of unbranched alkanes of at least 4 members (excludes halogenated alkanes) is 5. The van der Waals surface area contributed by atoms with Crippen LogP contribution < -0.4 is 5.73 Å². The van der Waals surface area contributed by atoms with Gasteiger partial charge in [-0.1, -0.05) is 32.6 Å². The van der Waals surface area contributed by atoms with Crippen molar-refractivity contribution in [1.29, 1.82) is 0 Å². The van der Waals surface area contributed by atoms with Crippen LogP contribution in [0.3, 0.4) is 0 Å². The number of nitrogens with two attached hydrogens (primary N) is 1. The number of amides is 1. The Balaban J connectivity index is 3.79. The SMILES string of the molecule is CCCCCCN(CCO)C(=O)CCCCCN. The van der Waals surface area contributed by atoms with Gasteiger partial charge in [0.25, 0.3) is 0 Å². The summed E-state index contributed by atoms with van der Waals surface area (Å²) in [6.07, 6.45) is 8.14. The Hall–Kier alpha value is -0.610. The molecule has 0 atom stereocenters. The van der Waals surface area contributed by atoms with Crippen molar-refractivity contribution in [2.75, 3.05) is 26.2 Å². The van der Waals surface area contributed by atoms with E-state index in [2.05, 4.69) is 6.92 Å². The van der Waals surface area contributed by atoms with Crippen molar-refractivity contribution in [2.45, 2.75) is 58.3 Å². The molecule has 3 N–H and O–H groups in total. The second-order valence-electron chi connectivity index (χ2n) is 4.76. The van der Waals surface area contributed by atoms with Gasteiger partial charge in [-0.15, -0.1) is 0 Å². The first-order valence-corrected chi connectivity index (χ1v) is 7.35. The lowest BCUT2D eigenvalue weighted by atomic mass is 10.1. The van der Waals surface area contributed by atoms with Crippen molar-refractivity contribution in [3.63, 3.8) is 0 Å². The van der Waals surface area contributed by atoms with E-state index in [0.717, 1.165) is 32.2 Å². The zero-order valence-electron chi connectivity index (χ0n) is 11.9. The standard InChI is InChI=1S/C14H30N2O2/c1-2-3-4-8-11-16(12-13-17)14(18)9-6-5-7-10-15/h17H,2-13,15H2,1H3. The van der Waals surface area contributed by atoms with Crippen LogP contribution in [0, 0.1) is 0 Å². The summed E-state index contributed by atoms with van der Waals surface area (Å²) in [4.78, 5) is 13.7. The zero-order chi connectivity index (χ0) is 13.6. The summed E-state index contributed by atoms with van der Waals surface area (Å²) in [6.45, 7) is 4.19. The van der Waals surface area contributed by atoms with E-state index in [-0.39, 0.29) is 12.5 Å². The van der Waals surface area contributed by atoms with Gasteiger partial charge in [0.2, 0.25) is 5.91 Å². The Morgan fingerprint density at radius 3 is 2.39 bits per heavy atom. The maximum absolute atomic E-state index is 11.9. The van der Waals surface area contributed by atoms with Crippen molar-refractivity contribution in [3.8, 4) is 0 Å². The molecule has 4 heteroatoms. The Bertz CT molecular complexity index is 198. The molecule has 0 radical (unpaired) electrons. The molecule has 0 aliphatic rings. The number of aliphatic hydroxyl groups is 1. The molecule has 0 aliphatic carbocycles. The highest BCUT2D eigenvalue weighted by molar-refractivity contribution is 5.76. The lowest BCUT2D eigenvalue weighted by Gasteiger charge is -2.21. The first-order valence-electron chi connectivity index (χ1n) is 7.35. The van der Waals surface area contributed by atoms with Crippen molar-refractivity contribution < 1.29 is 9.90 Å². The van der Waals surface area contributed by atoms with E-state index in [0.29, 0.717) is 19.5 Å². The molecule has 1 amide bonds. The van der Waals surface area contributed by atoms with Crippen LogP contribution in [-0.4, -0.2) is 42.2 Å². The quantitative estimate of drug-likeness (QED) is 0.525. The zero-order valence-corrected chi connectivity index (χ0v) is 11.9. The first-order chi connectivity index (χ1) is 8.76. The number of nitrogens with zero attached hydrogens (tertiary/aromatic N) is 1. The summed E-state index contributed by atoms with van der Waals surface area (Å²) in [5, 5.41) is 8.99. The maximum Gasteiger partial charge on any atom is 0.222 e. The number of hydrogen-bond acceptors (Lipinski definition) is 3. The van der Waals surface area contributed by atoms with Crippen LogP contribution in [0.25, 0.3) is 0 Å². The van der Waals surface area contributed by atoms with Gasteiger partial charge < -0.3 is 15.7 Å². The highest BCUT2D eigenvalue weighted by atomic mass is 16.3. The molecular formula is C14H30N2O2. The predicted molar refractivity (Wildman–Crippen MR) is 75.3 cm³/mol. The molecule has 0 saturated carbocycles. The summed E-state index contributed by atoms with van der Waals surface area (Å²) in [5.41, 5.74) is 5.42. The summed E-state index contributed by atoms with van der Waals surface area (Å²) in [7, 11) is 0. The molecule has 18 heavy (non-hydrogen) atoms. The van der Waals surface area contributed by atoms with Crippen LogP contribution in [0.4, 0.5) is 0 Å². The Morgan fingerprint density at radius 2 is 1.78 bits per heavy atom. The van der Waals surface area contributed by atoms with Crippen LogP contribution in [0.15, 0.2) is 0 Å². The topological polar surface area (TPSA) is 66.6 Å². The van der Waals surface area contributed by atoms with Crippen molar-refractivity contribution in [2.24, 2.45) is 5.73 Å². The van der Waals surface area contributed by atoms with Gasteiger partial charge in [0.15, 0.2) is 0 Å².